The van der Waals surface area contributed by atoms with Crippen molar-refractivity contribution in [2.45, 2.75) is 39.5 Å². The standard InChI is InChI=1S/C17H21NO/c1-3-5-7-13(4-2)12-15-10-9-14-8-6-11-18-16(14)17(15)19/h6,8-12,19H,3-5,7H2,1-2H3. The van der Waals surface area contributed by atoms with Gasteiger partial charge in [-0.1, -0.05) is 50.1 Å². The smallest absolute Gasteiger partial charge is 0.149 e. The summed E-state index contributed by atoms with van der Waals surface area (Å²) in [6, 6.07) is 7.84. The normalized spacial score (nSPS) is 12.0. The van der Waals surface area contributed by atoms with E-state index in [0.717, 1.165) is 23.8 Å². The van der Waals surface area contributed by atoms with E-state index in [1.807, 2.05) is 24.3 Å². The van der Waals surface area contributed by atoms with Crippen molar-refractivity contribution < 1.29 is 5.11 Å². The molecule has 0 unspecified atom stereocenters. The van der Waals surface area contributed by atoms with Gasteiger partial charge in [-0.3, -0.25) is 4.98 Å². The van der Waals surface area contributed by atoms with Crippen molar-refractivity contribution in [3.63, 3.8) is 0 Å². The van der Waals surface area contributed by atoms with Crippen LogP contribution in [0.5, 0.6) is 5.75 Å². The Balaban J connectivity index is 2.39. The first-order valence-electron chi connectivity index (χ1n) is 7.02. The Kier molecular flexibility index (Phi) is 4.56. The second-order valence-corrected chi connectivity index (χ2v) is 4.84. The summed E-state index contributed by atoms with van der Waals surface area (Å²) >= 11 is 0. The Morgan fingerprint density at radius 3 is 2.84 bits per heavy atom. The van der Waals surface area contributed by atoms with Crippen LogP contribution in [0.1, 0.15) is 45.1 Å². The number of nitrogens with zero attached hydrogens (tertiary/aromatic N) is 1. The zero-order chi connectivity index (χ0) is 13.7. The maximum absolute atomic E-state index is 10.3. The van der Waals surface area contributed by atoms with Crippen LogP contribution in [-0.2, 0) is 0 Å². The predicted molar refractivity (Wildman–Crippen MR) is 81.2 cm³/mol. The van der Waals surface area contributed by atoms with Crippen molar-refractivity contribution in [1.82, 2.24) is 4.98 Å². The number of pyridine rings is 1. The molecule has 19 heavy (non-hydrogen) atoms. The molecule has 0 atom stereocenters. The van der Waals surface area contributed by atoms with Crippen LogP contribution in [0, 0.1) is 0 Å². The molecule has 0 amide bonds. The minimum Gasteiger partial charge on any atom is -0.505 e. The van der Waals surface area contributed by atoms with E-state index in [1.165, 1.54) is 18.4 Å². The molecule has 0 bridgehead atoms. The summed E-state index contributed by atoms with van der Waals surface area (Å²) in [7, 11) is 0. The summed E-state index contributed by atoms with van der Waals surface area (Å²) < 4.78 is 0. The molecule has 0 aliphatic heterocycles. The van der Waals surface area contributed by atoms with Crippen molar-refractivity contribution in [3.8, 4) is 5.75 Å². The monoisotopic (exact) mass is 255 g/mol. The van der Waals surface area contributed by atoms with Crippen LogP contribution < -0.4 is 0 Å². The van der Waals surface area contributed by atoms with Gasteiger partial charge in [0.15, 0.2) is 0 Å². The van der Waals surface area contributed by atoms with Crippen LogP contribution in [0.4, 0.5) is 0 Å². The third kappa shape index (κ3) is 3.14. The molecular weight excluding hydrogens is 234 g/mol. The number of aromatic nitrogens is 1. The van der Waals surface area contributed by atoms with E-state index in [2.05, 4.69) is 24.9 Å². The Hall–Kier alpha value is -1.83. The molecule has 0 saturated heterocycles. The Labute approximate surface area is 114 Å². The molecule has 2 nitrogen and oxygen atoms in total. The number of allylic oxidation sites excluding steroid dienone is 1. The van der Waals surface area contributed by atoms with Crippen molar-refractivity contribution in [3.05, 3.63) is 41.6 Å². The van der Waals surface area contributed by atoms with E-state index < -0.39 is 0 Å². The quantitative estimate of drug-likeness (QED) is 0.822. The summed E-state index contributed by atoms with van der Waals surface area (Å²) in [5.41, 5.74) is 2.94. The second kappa shape index (κ2) is 6.37. The summed E-state index contributed by atoms with van der Waals surface area (Å²) in [6.45, 7) is 4.36. The SMILES string of the molecule is CCCCC(=Cc1ccc2cccnc2c1O)CC. The summed E-state index contributed by atoms with van der Waals surface area (Å²) in [5.74, 6) is 0.292. The maximum Gasteiger partial charge on any atom is 0.149 e. The van der Waals surface area contributed by atoms with Gasteiger partial charge in [0.2, 0.25) is 0 Å². The molecule has 0 aliphatic carbocycles. The number of phenolic OH excluding ortho intramolecular Hbond substituents is 1. The fraction of sp³-hybridized carbons (Fsp3) is 0.353. The molecule has 100 valence electrons. The fourth-order valence-corrected chi connectivity index (χ4v) is 2.24. The fourth-order valence-electron chi connectivity index (χ4n) is 2.24. The first-order chi connectivity index (χ1) is 9.26. The molecule has 2 aromatic rings. The molecule has 1 N–H and O–H groups in total. The van der Waals surface area contributed by atoms with Crippen molar-refractivity contribution in [2.24, 2.45) is 0 Å². The number of phenols is 1. The van der Waals surface area contributed by atoms with Crippen LogP contribution in [0.2, 0.25) is 0 Å². The van der Waals surface area contributed by atoms with Gasteiger partial charge in [0, 0.05) is 17.1 Å². The van der Waals surface area contributed by atoms with E-state index >= 15 is 0 Å². The lowest BCUT2D eigenvalue weighted by molar-refractivity contribution is 0.479. The van der Waals surface area contributed by atoms with Crippen LogP contribution in [0.25, 0.3) is 17.0 Å². The first-order valence-corrected chi connectivity index (χ1v) is 7.02. The lowest BCUT2D eigenvalue weighted by Crippen LogP contribution is -1.86. The minimum atomic E-state index is 0.292. The number of benzene rings is 1. The van der Waals surface area contributed by atoms with Crippen molar-refractivity contribution >= 4 is 17.0 Å². The van der Waals surface area contributed by atoms with E-state index in [9.17, 15) is 5.11 Å². The number of fused-ring (bicyclic) bond motifs is 1. The Morgan fingerprint density at radius 2 is 2.11 bits per heavy atom. The zero-order valence-corrected chi connectivity index (χ0v) is 11.7. The van der Waals surface area contributed by atoms with Crippen LogP contribution >= 0.6 is 0 Å². The van der Waals surface area contributed by atoms with Gasteiger partial charge in [-0.25, -0.2) is 0 Å². The Bertz CT molecular complexity index is 587. The molecule has 0 saturated carbocycles. The molecule has 0 aliphatic rings. The molecule has 2 rings (SSSR count). The van der Waals surface area contributed by atoms with Gasteiger partial charge in [-0.15, -0.1) is 0 Å². The largest absolute Gasteiger partial charge is 0.505 e. The number of unbranched alkanes of at least 4 members (excludes halogenated alkanes) is 1. The van der Waals surface area contributed by atoms with Gasteiger partial charge in [-0.05, 0) is 25.3 Å². The van der Waals surface area contributed by atoms with Crippen LogP contribution in [-0.4, -0.2) is 10.1 Å². The number of hydrogen-bond donors (Lipinski definition) is 1. The lowest BCUT2D eigenvalue weighted by atomic mass is 10.0. The average Bonchev–Trinajstić information content (AvgIpc) is 2.46. The van der Waals surface area contributed by atoms with Gasteiger partial charge in [-0.2, -0.15) is 0 Å². The topological polar surface area (TPSA) is 33.1 Å². The van der Waals surface area contributed by atoms with Crippen LogP contribution in [0.15, 0.2) is 36.0 Å². The van der Waals surface area contributed by atoms with Crippen molar-refractivity contribution in [2.75, 3.05) is 0 Å². The maximum atomic E-state index is 10.3. The van der Waals surface area contributed by atoms with Gasteiger partial charge < -0.3 is 5.11 Å². The minimum absolute atomic E-state index is 0.292. The van der Waals surface area contributed by atoms with Crippen LogP contribution in [0.3, 0.4) is 0 Å². The van der Waals surface area contributed by atoms with E-state index in [4.69, 9.17) is 0 Å². The number of aromatic hydroxyl groups is 1. The van der Waals surface area contributed by atoms with Gasteiger partial charge in [0.1, 0.15) is 11.3 Å². The zero-order valence-electron chi connectivity index (χ0n) is 11.7. The molecule has 1 aromatic heterocycles. The molecule has 1 heterocycles. The predicted octanol–water partition coefficient (Wildman–Crippen LogP) is 4.92. The molecule has 0 fully saturated rings. The molecule has 0 spiro atoms. The van der Waals surface area contributed by atoms with Gasteiger partial charge >= 0.3 is 0 Å². The van der Waals surface area contributed by atoms with E-state index in [0.29, 0.717) is 11.3 Å². The third-order valence-electron chi connectivity index (χ3n) is 3.44. The molecule has 1 aromatic carbocycles. The highest BCUT2D eigenvalue weighted by Crippen LogP contribution is 2.29. The van der Waals surface area contributed by atoms with Crippen molar-refractivity contribution in [1.29, 1.82) is 0 Å². The number of hydrogen-bond acceptors (Lipinski definition) is 2. The highest BCUT2D eigenvalue weighted by Gasteiger charge is 2.06. The summed E-state index contributed by atoms with van der Waals surface area (Å²) in [6.07, 6.45) is 8.35. The molecular formula is C17H21NO. The number of rotatable bonds is 5. The van der Waals surface area contributed by atoms with E-state index in [-0.39, 0.29) is 0 Å². The molecule has 0 radical (unpaired) electrons. The second-order valence-electron chi connectivity index (χ2n) is 4.84. The lowest BCUT2D eigenvalue weighted by Gasteiger charge is -2.07. The summed E-state index contributed by atoms with van der Waals surface area (Å²) in [5, 5.41) is 11.3. The highest BCUT2D eigenvalue weighted by atomic mass is 16.3. The highest BCUT2D eigenvalue weighted by molar-refractivity contribution is 5.88. The van der Waals surface area contributed by atoms with Gasteiger partial charge in [0.05, 0.1) is 0 Å². The van der Waals surface area contributed by atoms with Gasteiger partial charge in [0.25, 0.3) is 0 Å². The average molecular weight is 255 g/mol. The molecule has 2 heteroatoms. The first kappa shape index (κ1) is 13.6. The van der Waals surface area contributed by atoms with E-state index in [1.54, 1.807) is 6.20 Å². The summed E-state index contributed by atoms with van der Waals surface area (Å²) in [4.78, 5) is 4.26. The third-order valence-corrected chi connectivity index (χ3v) is 3.44. The Morgan fingerprint density at radius 1 is 1.26 bits per heavy atom.